The van der Waals surface area contributed by atoms with E-state index in [1.54, 1.807) is 33.6 Å². The third-order valence-electron chi connectivity index (χ3n) is 4.16. The zero-order chi connectivity index (χ0) is 13.1. The quantitative estimate of drug-likeness (QED) is 0.797. The molecule has 0 spiro atoms. The third kappa shape index (κ3) is 1.36. The smallest absolute Gasteiger partial charge is 0.245 e. The SMILES string of the molecule is O=c1n(-c2ccc(Cl)cc2)c(=O)n2n1C1CCC2C1. The Labute approximate surface area is 113 Å². The fourth-order valence-corrected chi connectivity index (χ4v) is 3.45. The summed E-state index contributed by atoms with van der Waals surface area (Å²) < 4.78 is 4.50. The van der Waals surface area contributed by atoms with Gasteiger partial charge < -0.3 is 0 Å². The highest BCUT2D eigenvalue weighted by atomic mass is 35.5. The van der Waals surface area contributed by atoms with Crippen LogP contribution in [-0.4, -0.2) is 13.9 Å². The van der Waals surface area contributed by atoms with Crippen LogP contribution in [0.15, 0.2) is 33.9 Å². The van der Waals surface area contributed by atoms with Crippen LogP contribution >= 0.6 is 11.6 Å². The average molecular weight is 278 g/mol. The molecule has 19 heavy (non-hydrogen) atoms. The molecule has 6 heteroatoms. The predicted molar refractivity (Wildman–Crippen MR) is 71.2 cm³/mol. The van der Waals surface area contributed by atoms with Crippen LogP contribution in [0.3, 0.4) is 0 Å². The van der Waals surface area contributed by atoms with E-state index in [0.29, 0.717) is 10.7 Å². The molecular formula is C13H12ClN3O2. The van der Waals surface area contributed by atoms with Crippen molar-refractivity contribution in [1.29, 1.82) is 0 Å². The lowest BCUT2D eigenvalue weighted by Gasteiger charge is -2.13. The van der Waals surface area contributed by atoms with Crippen molar-refractivity contribution in [2.45, 2.75) is 31.3 Å². The first-order chi connectivity index (χ1) is 9.16. The number of halogens is 1. The molecule has 98 valence electrons. The summed E-state index contributed by atoms with van der Waals surface area (Å²) in [6.45, 7) is 0. The van der Waals surface area contributed by atoms with Crippen molar-refractivity contribution in [2.24, 2.45) is 0 Å². The maximum Gasteiger partial charge on any atom is 0.352 e. The van der Waals surface area contributed by atoms with E-state index in [-0.39, 0.29) is 23.5 Å². The summed E-state index contributed by atoms with van der Waals surface area (Å²) in [5.74, 6) is 0. The van der Waals surface area contributed by atoms with Crippen LogP contribution in [0.1, 0.15) is 31.3 Å². The van der Waals surface area contributed by atoms with Crippen molar-refractivity contribution in [1.82, 2.24) is 13.9 Å². The molecule has 1 aliphatic carbocycles. The Balaban J connectivity index is 1.99. The van der Waals surface area contributed by atoms with E-state index in [2.05, 4.69) is 0 Å². The summed E-state index contributed by atoms with van der Waals surface area (Å²) >= 11 is 5.83. The highest BCUT2D eigenvalue weighted by Gasteiger charge is 2.40. The van der Waals surface area contributed by atoms with Crippen LogP contribution in [0, 0.1) is 0 Å². The summed E-state index contributed by atoms with van der Waals surface area (Å²) in [6.07, 6.45) is 2.91. The standard InChI is InChI=1S/C13H12ClN3O2/c14-8-1-3-9(4-2-8)15-12(18)16-10-5-6-11(7-10)17(16)13(15)19/h1-4,10-11H,5-7H2. The van der Waals surface area contributed by atoms with Crippen LogP contribution < -0.4 is 11.4 Å². The minimum Gasteiger partial charge on any atom is -0.245 e. The van der Waals surface area contributed by atoms with Crippen molar-refractivity contribution in [2.75, 3.05) is 0 Å². The lowest BCUT2D eigenvalue weighted by molar-refractivity contribution is 0.374. The van der Waals surface area contributed by atoms with Gasteiger partial charge in [0.1, 0.15) is 0 Å². The Morgan fingerprint density at radius 1 is 0.947 bits per heavy atom. The van der Waals surface area contributed by atoms with E-state index >= 15 is 0 Å². The molecular weight excluding hydrogens is 266 g/mol. The second-order valence-corrected chi connectivity index (χ2v) is 5.62. The Hall–Kier alpha value is -1.75. The summed E-state index contributed by atoms with van der Waals surface area (Å²) in [5.41, 5.74) is 0.104. The van der Waals surface area contributed by atoms with Crippen LogP contribution in [-0.2, 0) is 0 Å². The molecule has 2 unspecified atom stereocenters. The average Bonchev–Trinajstić information content (AvgIpc) is 3.06. The molecule has 1 saturated carbocycles. The highest BCUT2D eigenvalue weighted by Crippen LogP contribution is 2.41. The molecule has 5 nitrogen and oxygen atoms in total. The summed E-state index contributed by atoms with van der Waals surface area (Å²) in [6, 6.07) is 7.15. The van der Waals surface area contributed by atoms with Crippen molar-refractivity contribution in [3.63, 3.8) is 0 Å². The van der Waals surface area contributed by atoms with E-state index < -0.39 is 0 Å². The molecule has 2 aliphatic rings. The van der Waals surface area contributed by atoms with Crippen molar-refractivity contribution in [3.8, 4) is 5.69 Å². The second kappa shape index (κ2) is 3.63. The van der Waals surface area contributed by atoms with Crippen molar-refractivity contribution >= 4 is 11.6 Å². The Bertz CT molecular complexity index is 727. The molecule has 1 aliphatic heterocycles. The molecule has 2 atom stereocenters. The van der Waals surface area contributed by atoms with Gasteiger partial charge in [0.25, 0.3) is 0 Å². The number of benzene rings is 1. The summed E-state index contributed by atoms with van der Waals surface area (Å²) in [4.78, 5) is 24.9. The van der Waals surface area contributed by atoms with Crippen LogP contribution in [0.5, 0.6) is 0 Å². The molecule has 0 radical (unpaired) electrons. The molecule has 1 aromatic carbocycles. The zero-order valence-electron chi connectivity index (χ0n) is 10.1. The van der Waals surface area contributed by atoms with Crippen molar-refractivity contribution in [3.05, 3.63) is 50.3 Å². The maximum atomic E-state index is 12.4. The maximum absolute atomic E-state index is 12.4. The molecule has 2 aromatic rings. The van der Waals surface area contributed by atoms with Gasteiger partial charge >= 0.3 is 11.4 Å². The fourth-order valence-electron chi connectivity index (χ4n) is 3.33. The predicted octanol–water partition coefficient (Wildman–Crippen LogP) is 1.73. The lowest BCUT2D eigenvalue weighted by Crippen LogP contribution is -2.28. The Morgan fingerprint density at radius 3 is 2.00 bits per heavy atom. The van der Waals surface area contributed by atoms with E-state index in [4.69, 9.17) is 11.6 Å². The van der Waals surface area contributed by atoms with Crippen LogP contribution in [0.2, 0.25) is 5.02 Å². The second-order valence-electron chi connectivity index (χ2n) is 5.19. The Kier molecular flexibility index (Phi) is 2.12. The monoisotopic (exact) mass is 277 g/mol. The molecule has 2 heterocycles. The number of fused-ring (bicyclic) bond motifs is 5. The minimum atomic E-state index is -0.237. The van der Waals surface area contributed by atoms with Crippen molar-refractivity contribution < 1.29 is 0 Å². The lowest BCUT2D eigenvalue weighted by atomic mass is 10.3. The van der Waals surface area contributed by atoms with Gasteiger partial charge in [-0.3, -0.25) is 0 Å². The first-order valence-electron chi connectivity index (χ1n) is 6.39. The van der Waals surface area contributed by atoms with Gasteiger partial charge in [-0.1, -0.05) is 11.6 Å². The normalized spacial score (nSPS) is 23.8. The van der Waals surface area contributed by atoms with E-state index in [0.717, 1.165) is 19.3 Å². The van der Waals surface area contributed by atoms with Gasteiger partial charge in [0.15, 0.2) is 0 Å². The van der Waals surface area contributed by atoms with E-state index in [1.807, 2.05) is 0 Å². The minimum absolute atomic E-state index is 0.193. The first kappa shape index (κ1) is 11.1. The van der Waals surface area contributed by atoms with Gasteiger partial charge in [0, 0.05) is 5.02 Å². The molecule has 0 N–H and O–H groups in total. The number of aromatic nitrogens is 3. The number of rotatable bonds is 1. The molecule has 1 fully saturated rings. The Morgan fingerprint density at radius 2 is 1.47 bits per heavy atom. The van der Waals surface area contributed by atoms with E-state index in [1.165, 1.54) is 4.57 Å². The molecule has 0 saturated heterocycles. The van der Waals surface area contributed by atoms with Gasteiger partial charge in [-0.15, -0.1) is 0 Å². The topological polar surface area (TPSA) is 48.9 Å². The third-order valence-corrected chi connectivity index (χ3v) is 4.41. The van der Waals surface area contributed by atoms with Gasteiger partial charge in [-0.25, -0.2) is 23.5 Å². The largest absolute Gasteiger partial charge is 0.352 e. The van der Waals surface area contributed by atoms with Crippen LogP contribution in [0.4, 0.5) is 0 Å². The molecule has 4 rings (SSSR count). The van der Waals surface area contributed by atoms with Gasteiger partial charge in [0.05, 0.1) is 17.8 Å². The van der Waals surface area contributed by atoms with Gasteiger partial charge in [-0.2, -0.15) is 0 Å². The van der Waals surface area contributed by atoms with Crippen LogP contribution in [0.25, 0.3) is 5.69 Å². The molecule has 0 amide bonds. The number of nitrogens with zero attached hydrogens (tertiary/aromatic N) is 3. The van der Waals surface area contributed by atoms with E-state index in [9.17, 15) is 9.59 Å². The summed E-state index contributed by atoms with van der Waals surface area (Å²) in [5, 5.41) is 0.587. The first-order valence-corrected chi connectivity index (χ1v) is 6.76. The zero-order valence-corrected chi connectivity index (χ0v) is 10.9. The van der Waals surface area contributed by atoms with Gasteiger partial charge in [0.2, 0.25) is 0 Å². The summed E-state index contributed by atoms with van der Waals surface area (Å²) in [7, 11) is 0. The fraction of sp³-hybridized carbons (Fsp3) is 0.385. The molecule has 1 aromatic heterocycles. The highest BCUT2D eigenvalue weighted by molar-refractivity contribution is 6.30. The number of hydrogen-bond acceptors (Lipinski definition) is 2. The number of hydrogen-bond donors (Lipinski definition) is 0. The molecule has 2 bridgehead atoms. The van der Waals surface area contributed by atoms with Gasteiger partial charge in [-0.05, 0) is 43.5 Å².